The van der Waals surface area contributed by atoms with Crippen molar-refractivity contribution in [2.24, 2.45) is 4.99 Å². The highest BCUT2D eigenvalue weighted by molar-refractivity contribution is 8.14. The summed E-state index contributed by atoms with van der Waals surface area (Å²) >= 11 is 1.65. The van der Waals surface area contributed by atoms with Crippen molar-refractivity contribution in [1.29, 1.82) is 0 Å². The fraction of sp³-hybridized carbons (Fsp3) is 0.538. The number of hydrogen-bond donors (Lipinski definition) is 1. The summed E-state index contributed by atoms with van der Waals surface area (Å²) in [6.45, 7) is 0.799. The average Bonchev–Trinajstić information content (AvgIpc) is 2.90. The minimum Gasteiger partial charge on any atom is -0.357 e. The predicted molar refractivity (Wildman–Crippen MR) is 72.8 cm³/mol. The molecule has 0 saturated heterocycles. The van der Waals surface area contributed by atoms with Crippen LogP contribution >= 0.6 is 11.8 Å². The third-order valence-electron chi connectivity index (χ3n) is 3.48. The molecule has 20 heavy (non-hydrogen) atoms. The van der Waals surface area contributed by atoms with Crippen LogP contribution in [0, 0.1) is 0 Å². The van der Waals surface area contributed by atoms with Crippen molar-refractivity contribution in [1.82, 2.24) is 10.3 Å². The first kappa shape index (κ1) is 13.7. The SMILES string of the molecule is FC(F)(F)c1cnc2c(c1)CCCC2NC1=NCCS1. The summed E-state index contributed by atoms with van der Waals surface area (Å²) in [5.74, 6) is 0.961. The Kier molecular flexibility index (Phi) is 3.62. The largest absolute Gasteiger partial charge is 0.417 e. The minimum absolute atomic E-state index is 0.0228. The minimum atomic E-state index is -4.33. The summed E-state index contributed by atoms with van der Waals surface area (Å²) in [7, 11) is 0. The highest BCUT2D eigenvalue weighted by Crippen LogP contribution is 2.34. The number of aromatic nitrogens is 1. The summed E-state index contributed by atoms with van der Waals surface area (Å²) in [5.41, 5.74) is 0.774. The lowest BCUT2D eigenvalue weighted by Crippen LogP contribution is -2.29. The molecule has 0 fully saturated rings. The predicted octanol–water partition coefficient (Wildman–Crippen LogP) is 3.17. The van der Waals surface area contributed by atoms with Crippen molar-refractivity contribution in [2.75, 3.05) is 12.3 Å². The highest BCUT2D eigenvalue weighted by atomic mass is 32.2. The first-order valence-corrected chi connectivity index (χ1v) is 7.52. The van der Waals surface area contributed by atoms with Gasteiger partial charge in [-0.1, -0.05) is 11.8 Å². The van der Waals surface area contributed by atoms with Crippen LogP contribution in [-0.2, 0) is 12.6 Å². The van der Waals surface area contributed by atoms with Gasteiger partial charge in [-0.2, -0.15) is 13.2 Å². The van der Waals surface area contributed by atoms with E-state index in [2.05, 4.69) is 15.3 Å². The number of aliphatic imine (C=N–C) groups is 1. The zero-order chi connectivity index (χ0) is 14.2. The lowest BCUT2D eigenvalue weighted by molar-refractivity contribution is -0.137. The standard InChI is InChI=1S/C13H14F3N3S/c14-13(15,16)9-6-8-2-1-3-10(11(8)18-7-9)19-12-17-4-5-20-12/h6-7,10H,1-5H2,(H,17,19). The first-order valence-electron chi connectivity index (χ1n) is 6.54. The number of hydrogen-bond acceptors (Lipinski definition) is 4. The van der Waals surface area contributed by atoms with E-state index in [9.17, 15) is 13.2 Å². The molecular formula is C13H14F3N3S. The zero-order valence-electron chi connectivity index (χ0n) is 10.7. The van der Waals surface area contributed by atoms with Crippen LogP contribution in [0.25, 0.3) is 0 Å². The summed E-state index contributed by atoms with van der Waals surface area (Å²) in [4.78, 5) is 8.38. The highest BCUT2D eigenvalue weighted by Gasteiger charge is 2.33. The molecule has 1 unspecified atom stereocenters. The maximum absolute atomic E-state index is 12.7. The van der Waals surface area contributed by atoms with Gasteiger partial charge in [0, 0.05) is 11.9 Å². The lowest BCUT2D eigenvalue weighted by atomic mass is 9.91. The quantitative estimate of drug-likeness (QED) is 0.865. The van der Waals surface area contributed by atoms with Gasteiger partial charge in [0.05, 0.1) is 23.8 Å². The van der Waals surface area contributed by atoms with Crippen molar-refractivity contribution in [3.05, 3.63) is 29.1 Å². The molecule has 3 nitrogen and oxygen atoms in total. The molecule has 1 aliphatic heterocycles. The van der Waals surface area contributed by atoms with Gasteiger partial charge in [-0.05, 0) is 30.9 Å². The van der Waals surface area contributed by atoms with Gasteiger partial charge in [0.25, 0.3) is 0 Å². The molecule has 1 aromatic rings. The summed E-state index contributed by atoms with van der Waals surface area (Å²) in [6.07, 6.45) is -0.989. The molecule has 0 spiro atoms. The lowest BCUT2D eigenvalue weighted by Gasteiger charge is -2.26. The van der Waals surface area contributed by atoms with Gasteiger partial charge >= 0.3 is 6.18 Å². The second kappa shape index (κ2) is 5.27. The number of aryl methyl sites for hydroxylation is 1. The normalized spacial score (nSPS) is 22.4. The van der Waals surface area contributed by atoms with E-state index in [0.29, 0.717) is 12.0 Å². The maximum atomic E-state index is 12.7. The molecule has 0 bridgehead atoms. The molecule has 0 aromatic carbocycles. The van der Waals surface area contributed by atoms with Crippen molar-refractivity contribution in [2.45, 2.75) is 31.5 Å². The smallest absolute Gasteiger partial charge is 0.357 e. The molecule has 1 N–H and O–H groups in total. The van der Waals surface area contributed by atoms with E-state index in [1.165, 1.54) is 6.07 Å². The number of nitrogens with zero attached hydrogens (tertiary/aromatic N) is 2. The fourth-order valence-electron chi connectivity index (χ4n) is 2.54. The van der Waals surface area contributed by atoms with Crippen LogP contribution in [0.1, 0.15) is 35.7 Å². The summed E-state index contributed by atoms with van der Waals surface area (Å²) in [5, 5.41) is 4.18. The van der Waals surface area contributed by atoms with E-state index in [4.69, 9.17) is 0 Å². The monoisotopic (exact) mass is 301 g/mol. The Bertz CT molecular complexity index is 542. The van der Waals surface area contributed by atoms with Gasteiger partial charge < -0.3 is 5.32 Å². The zero-order valence-corrected chi connectivity index (χ0v) is 11.5. The second-order valence-corrected chi connectivity index (χ2v) is 5.97. The van der Waals surface area contributed by atoms with Crippen molar-refractivity contribution in [3.63, 3.8) is 0 Å². The van der Waals surface area contributed by atoms with Crippen LogP contribution in [0.2, 0.25) is 0 Å². The summed E-state index contributed by atoms with van der Waals surface area (Å²) in [6, 6.07) is 1.21. The maximum Gasteiger partial charge on any atom is 0.417 e. The molecule has 2 aliphatic rings. The topological polar surface area (TPSA) is 37.3 Å². The van der Waals surface area contributed by atoms with Gasteiger partial charge in [0.1, 0.15) is 0 Å². The number of fused-ring (bicyclic) bond motifs is 1. The number of halogens is 3. The van der Waals surface area contributed by atoms with Gasteiger partial charge in [0.2, 0.25) is 0 Å². The molecule has 7 heteroatoms. The Morgan fingerprint density at radius 3 is 2.90 bits per heavy atom. The number of amidine groups is 1. The van der Waals surface area contributed by atoms with Crippen LogP contribution in [0.3, 0.4) is 0 Å². The molecule has 1 atom stereocenters. The van der Waals surface area contributed by atoms with E-state index in [-0.39, 0.29) is 6.04 Å². The third kappa shape index (κ3) is 2.77. The molecular weight excluding hydrogens is 287 g/mol. The first-order chi connectivity index (χ1) is 9.54. The Morgan fingerprint density at radius 2 is 2.20 bits per heavy atom. The number of pyridine rings is 1. The van der Waals surface area contributed by atoms with Gasteiger partial charge in [-0.3, -0.25) is 9.98 Å². The van der Waals surface area contributed by atoms with Crippen LogP contribution in [-0.4, -0.2) is 22.4 Å². The Hall–Kier alpha value is -1.24. The second-order valence-electron chi connectivity index (χ2n) is 4.89. The third-order valence-corrected chi connectivity index (χ3v) is 4.39. The van der Waals surface area contributed by atoms with E-state index in [1.807, 2.05) is 0 Å². The Balaban J connectivity index is 1.85. The molecule has 1 aliphatic carbocycles. The Labute approximate surface area is 119 Å². The van der Waals surface area contributed by atoms with E-state index >= 15 is 0 Å². The van der Waals surface area contributed by atoms with E-state index < -0.39 is 11.7 Å². The average molecular weight is 301 g/mol. The van der Waals surface area contributed by atoms with Gasteiger partial charge in [0.15, 0.2) is 5.17 Å². The number of rotatable bonds is 1. The molecule has 0 saturated carbocycles. The molecule has 2 heterocycles. The number of nitrogens with one attached hydrogen (secondary N) is 1. The molecule has 1 aromatic heterocycles. The van der Waals surface area contributed by atoms with Crippen molar-refractivity contribution < 1.29 is 13.2 Å². The van der Waals surface area contributed by atoms with Gasteiger partial charge in [-0.15, -0.1) is 0 Å². The molecule has 0 amide bonds. The van der Waals surface area contributed by atoms with Gasteiger partial charge in [-0.25, -0.2) is 0 Å². The molecule has 3 rings (SSSR count). The number of thioether (sulfide) groups is 1. The number of alkyl halides is 3. The van der Waals surface area contributed by atoms with Crippen molar-refractivity contribution in [3.8, 4) is 0 Å². The molecule has 0 radical (unpaired) electrons. The van der Waals surface area contributed by atoms with Crippen LogP contribution in [0.4, 0.5) is 13.2 Å². The fourth-order valence-corrected chi connectivity index (χ4v) is 3.32. The van der Waals surface area contributed by atoms with E-state index in [0.717, 1.165) is 42.2 Å². The van der Waals surface area contributed by atoms with Crippen LogP contribution in [0.15, 0.2) is 17.3 Å². The molecule has 108 valence electrons. The summed E-state index contributed by atoms with van der Waals surface area (Å²) < 4.78 is 38.1. The van der Waals surface area contributed by atoms with Crippen LogP contribution in [0.5, 0.6) is 0 Å². The Morgan fingerprint density at radius 1 is 1.35 bits per heavy atom. The van der Waals surface area contributed by atoms with Crippen LogP contribution < -0.4 is 5.32 Å². The van der Waals surface area contributed by atoms with E-state index in [1.54, 1.807) is 11.8 Å². The van der Waals surface area contributed by atoms with Crippen molar-refractivity contribution >= 4 is 16.9 Å².